The van der Waals surface area contributed by atoms with Crippen molar-refractivity contribution in [3.63, 3.8) is 0 Å². The number of hydrogen-bond donors (Lipinski definition) is 2. The zero-order valence-corrected chi connectivity index (χ0v) is 12.9. The molecule has 1 aliphatic heterocycles. The molecule has 0 aromatic heterocycles. The fourth-order valence-corrected chi connectivity index (χ4v) is 2.20. The van der Waals surface area contributed by atoms with Gasteiger partial charge < -0.3 is 24.8 Å². The lowest BCUT2D eigenvalue weighted by Crippen LogP contribution is -2.36. The molecule has 0 unspecified atom stereocenters. The number of hydrogen-bond acceptors (Lipinski definition) is 5. The second-order valence-corrected chi connectivity index (χ2v) is 5.62. The summed E-state index contributed by atoms with van der Waals surface area (Å²) in [7, 11) is 0. The molecule has 0 bridgehead atoms. The van der Waals surface area contributed by atoms with Crippen LogP contribution in [0.3, 0.4) is 0 Å². The van der Waals surface area contributed by atoms with Gasteiger partial charge in [-0.15, -0.1) is 0 Å². The van der Waals surface area contributed by atoms with E-state index >= 15 is 0 Å². The van der Waals surface area contributed by atoms with E-state index in [1.807, 2.05) is 12.1 Å². The van der Waals surface area contributed by atoms with Crippen molar-refractivity contribution < 1.29 is 14.6 Å². The predicted octanol–water partition coefficient (Wildman–Crippen LogP) is 1.26. The van der Waals surface area contributed by atoms with Crippen molar-refractivity contribution in [1.82, 2.24) is 5.32 Å². The Morgan fingerprint density at radius 2 is 1.90 bits per heavy atom. The normalized spacial score (nSPS) is 17.0. The summed E-state index contributed by atoms with van der Waals surface area (Å²) in [6, 6.07) is 8.38. The SMILES string of the molecule is CC(C)NC[C@H](O)COc1ccc(N2CCOCC2)cc1. The Labute approximate surface area is 126 Å². The van der Waals surface area contributed by atoms with E-state index in [1.165, 1.54) is 5.69 Å². The van der Waals surface area contributed by atoms with Crippen molar-refractivity contribution in [2.75, 3.05) is 44.4 Å². The maximum atomic E-state index is 9.81. The first-order chi connectivity index (χ1) is 10.1. The standard InChI is InChI=1S/C16H26N2O3/c1-13(2)17-11-15(19)12-21-16-5-3-14(4-6-16)18-7-9-20-10-8-18/h3-6,13,15,17,19H,7-12H2,1-2H3/t15-/m0/s1. The Morgan fingerprint density at radius 3 is 2.52 bits per heavy atom. The van der Waals surface area contributed by atoms with E-state index in [2.05, 4.69) is 36.2 Å². The van der Waals surface area contributed by atoms with E-state index in [1.54, 1.807) is 0 Å². The van der Waals surface area contributed by atoms with Gasteiger partial charge in [-0.1, -0.05) is 13.8 Å². The minimum atomic E-state index is -0.494. The minimum absolute atomic E-state index is 0.302. The fourth-order valence-electron chi connectivity index (χ4n) is 2.20. The van der Waals surface area contributed by atoms with Crippen LogP contribution in [-0.2, 0) is 4.74 Å². The van der Waals surface area contributed by atoms with Crippen LogP contribution in [-0.4, -0.2) is 56.7 Å². The lowest BCUT2D eigenvalue weighted by atomic mass is 10.2. The molecule has 5 heteroatoms. The summed E-state index contributed by atoms with van der Waals surface area (Å²) in [5, 5.41) is 13.0. The third-order valence-electron chi connectivity index (χ3n) is 3.42. The first-order valence-electron chi connectivity index (χ1n) is 7.62. The van der Waals surface area contributed by atoms with Gasteiger partial charge in [-0.25, -0.2) is 0 Å². The molecule has 1 fully saturated rings. The number of benzene rings is 1. The highest BCUT2D eigenvalue weighted by Crippen LogP contribution is 2.20. The maximum Gasteiger partial charge on any atom is 0.119 e. The van der Waals surface area contributed by atoms with Crippen LogP contribution in [0.15, 0.2) is 24.3 Å². The third kappa shape index (κ3) is 5.53. The molecule has 2 N–H and O–H groups in total. The van der Waals surface area contributed by atoms with Crippen molar-refractivity contribution in [2.45, 2.75) is 26.0 Å². The molecule has 0 aliphatic carbocycles. The molecular formula is C16H26N2O3. The Balaban J connectivity index is 1.76. The van der Waals surface area contributed by atoms with Gasteiger partial charge in [0.05, 0.1) is 13.2 Å². The number of anilines is 1. The molecule has 1 aromatic rings. The van der Waals surface area contributed by atoms with Gasteiger partial charge in [-0.05, 0) is 24.3 Å². The summed E-state index contributed by atoms with van der Waals surface area (Å²) in [6.45, 7) is 8.39. The summed E-state index contributed by atoms with van der Waals surface area (Å²) >= 11 is 0. The van der Waals surface area contributed by atoms with Crippen LogP contribution in [0.1, 0.15) is 13.8 Å². The zero-order chi connectivity index (χ0) is 15.1. The van der Waals surface area contributed by atoms with E-state index in [0.717, 1.165) is 32.1 Å². The first kappa shape index (κ1) is 16.1. The minimum Gasteiger partial charge on any atom is -0.491 e. The van der Waals surface area contributed by atoms with Crippen LogP contribution < -0.4 is 15.0 Å². The highest BCUT2D eigenvalue weighted by atomic mass is 16.5. The topological polar surface area (TPSA) is 54.0 Å². The molecule has 118 valence electrons. The summed E-state index contributed by atoms with van der Waals surface area (Å²) in [4.78, 5) is 2.30. The van der Waals surface area contributed by atoms with Crippen LogP contribution in [0.4, 0.5) is 5.69 Å². The van der Waals surface area contributed by atoms with Crippen molar-refractivity contribution in [1.29, 1.82) is 0 Å². The number of nitrogens with one attached hydrogen (secondary N) is 1. The Hall–Kier alpha value is -1.30. The number of aliphatic hydroxyl groups excluding tert-OH is 1. The van der Waals surface area contributed by atoms with E-state index in [9.17, 15) is 5.11 Å². The van der Waals surface area contributed by atoms with Crippen molar-refractivity contribution in [3.05, 3.63) is 24.3 Å². The molecular weight excluding hydrogens is 268 g/mol. The molecule has 1 atom stereocenters. The van der Waals surface area contributed by atoms with Gasteiger partial charge in [-0.2, -0.15) is 0 Å². The average molecular weight is 294 g/mol. The lowest BCUT2D eigenvalue weighted by molar-refractivity contribution is 0.104. The Bertz CT molecular complexity index is 402. The van der Waals surface area contributed by atoms with E-state index < -0.39 is 6.10 Å². The zero-order valence-electron chi connectivity index (χ0n) is 12.9. The fraction of sp³-hybridized carbons (Fsp3) is 0.625. The van der Waals surface area contributed by atoms with E-state index in [0.29, 0.717) is 19.2 Å². The van der Waals surface area contributed by atoms with Gasteiger partial charge in [-0.3, -0.25) is 0 Å². The molecule has 1 saturated heterocycles. The van der Waals surface area contributed by atoms with Crippen molar-refractivity contribution >= 4 is 5.69 Å². The van der Waals surface area contributed by atoms with Crippen LogP contribution in [0, 0.1) is 0 Å². The van der Waals surface area contributed by atoms with Gasteiger partial charge in [0.1, 0.15) is 18.5 Å². The molecule has 5 nitrogen and oxygen atoms in total. The van der Waals surface area contributed by atoms with Gasteiger partial charge in [0.15, 0.2) is 0 Å². The number of morpholine rings is 1. The monoisotopic (exact) mass is 294 g/mol. The predicted molar refractivity (Wildman–Crippen MR) is 84.1 cm³/mol. The van der Waals surface area contributed by atoms with Gasteiger partial charge in [0, 0.05) is 31.4 Å². The molecule has 0 saturated carbocycles. The molecule has 0 radical (unpaired) electrons. The summed E-state index contributed by atoms with van der Waals surface area (Å²) in [6.07, 6.45) is -0.494. The second kappa shape index (κ2) is 8.22. The smallest absolute Gasteiger partial charge is 0.119 e. The Kier molecular flexibility index (Phi) is 6.29. The first-order valence-corrected chi connectivity index (χ1v) is 7.62. The third-order valence-corrected chi connectivity index (χ3v) is 3.42. The number of aliphatic hydroxyl groups is 1. The van der Waals surface area contributed by atoms with Gasteiger partial charge >= 0.3 is 0 Å². The summed E-state index contributed by atoms with van der Waals surface area (Å²) in [5.41, 5.74) is 1.19. The van der Waals surface area contributed by atoms with Crippen LogP contribution >= 0.6 is 0 Å². The molecule has 0 spiro atoms. The molecule has 1 heterocycles. The summed E-state index contributed by atoms with van der Waals surface area (Å²) < 4.78 is 11.0. The number of rotatable bonds is 7. The molecule has 1 aromatic carbocycles. The van der Waals surface area contributed by atoms with Gasteiger partial charge in [0.25, 0.3) is 0 Å². The van der Waals surface area contributed by atoms with Crippen molar-refractivity contribution in [2.24, 2.45) is 0 Å². The van der Waals surface area contributed by atoms with Gasteiger partial charge in [0.2, 0.25) is 0 Å². The lowest BCUT2D eigenvalue weighted by Gasteiger charge is -2.28. The van der Waals surface area contributed by atoms with E-state index in [-0.39, 0.29) is 0 Å². The highest BCUT2D eigenvalue weighted by Gasteiger charge is 2.11. The number of ether oxygens (including phenoxy) is 2. The van der Waals surface area contributed by atoms with Crippen LogP contribution in [0.25, 0.3) is 0 Å². The molecule has 0 amide bonds. The second-order valence-electron chi connectivity index (χ2n) is 5.62. The quantitative estimate of drug-likeness (QED) is 0.793. The number of nitrogens with zero attached hydrogens (tertiary/aromatic N) is 1. The van der Waals surface area contributed by atoms with Crippen LogP contribution in [0.2, 0.25) is 0 Å². The maximum absolute atomic E-state index is 9.81. The van der Waals surface area contributed by atoms with Crippen molar-refractivity contribution in [3.8, 4) is 5.75 Å². The van der Waals surface area contributed by atoms with E-state index in [4.69, 9.17) is 9.47 Å². The largest absolute Gasteiger partial charge is 0.491 e. The molecule has 2 rings (SSSR count). The molecule has 21 heavy (non-hydrogen) atoms. The average Bonchev–Trinajstić information content (AvgIpc) is 2.52. The summed E-state index contributed by atoms with van der Waals surface area (Å²) in [5.74, 6) is 0.788. The molecule has 1 aliphatic rings. The highest BCUT2D eigenvalue weighted by molar-refractivity contribution is 5.49. The van der Waals surface area contributed by atoms with Crippen LogP contribution in [0.5, 0.6) is 5.75 Å². The Morgan fingerprint density at radius 1 is 1.24 bits per heavy atom.